The summed E-state index contributed by atoms with van der Waals surface area (Å²) in [6, 6.07) is 12.8. The fraction of sp³-hybridized carbons (Fsp3) is 0.0476. The predicted molar refractivity (Wildman–Crippen MR) is 142 cm³/mol. The van der Waals surface area contributed by atoms with Gasteiger partial charge in [-0.15, -0.1) is 0 Å². The standard InChI is InChI=1S/C21H16Cl3N7O2S2/c22-14-3-2-13(17(23)10-14)11-31-12-18(24)19(29-31)28-21(34)27-15-4-6-16(7-5-15)35(32,33)30-20-25-8-1-9-26-20/h1-10,12H,11H2,(H,25,26,30)(H2,27,28,29,34). The molecule has 0 fully saturated rings. The van der Waals surface area contributed by atoms with Crippen molar-refractivity contribution < 1.29 is 8.42 Å². The molecular weight excluding hydrogens is 553 g/mol. The minimum atomic E-state index is -3.84. The van der Waals surface area contributed by atoms with Crippen LogP contribution in [0.5, 0.6) is 0 Å². The largest absolute Gasteiger partial charge is 0.332 e. The van der Waals surface area contributed by atoms with Gasteiger partial charge in [-0.3, -0.25) is 4.68 Å². The number of thiocarbonyl (C=S) groups is 1. The molecule has 35 heavy (non-hydrogen) atoms. The van der Waals surface area contributed by atoms with Crippen molar-refractivity contribution in [3.8, 4) is 0 Å². The van der Waals surface area contributed by atoms with Crippen molar-refractivity contribution in [3.05, 3.63) is 87.8 Å². The summed E-state index contributed by atoms with van der Waals surface area (Å²) in [4.78, 5) is 7.75. The summed E-state index contributed by atoms with van der Waals surface area (Å²) in [5.41, 5.74) is 1.38. The van der Waals surface area contributed by atoms with E-state index in [1.54, 1.807) is 41.2 Å². The molecule has 3 N–H and O–H groups in total. The van der Waals surface area contributed by atoms with E-state index in [0.717, 1.165) is 5.56 Å². The predicted octanol–water partition coefficient (Wildman–Crippen LogP) is 5.29. The molecule has 2 aromatic heterocycles. The van der Waals surface area contributed by atoms with Crippen molar-refractivity contribution in [2.75, 3.05) is 15.4 Å². The monoisotopic (exact) mass is 567 g/mol. The lowest BCUT2D eigenvalue weighted by atomic mass is 10.2. The molecule has 9 nitrogen and oxygen atoms in total. The normalized spacial score (nSPS) is 11.2. The fourth-order valence-electron chi connectivity index (χ4n) is 2.91. The Morgan fingerprint density at radius 3 is 2.37 bits per heavy atom. The van der Waals surface area contributed by atoms with E-state index in [1.807, 2.05) is 6.07 Å². The first-order chi connectivity index (χ1) is 16.7. The molecule has 0 spiro atoms. The Kier molecular flexibility index (Phi) is 7.72. The highest BCUT2D eigenvalue weighted by Gasteiger charge is 2.16. The molecule has 14 heteroatoms. The maximum Gasteiger partial charge on any atom is 0.264 e. The van der Waals surface area contributed by atoms with Crippen LogP contribution in [0, 0.1) is 0 Å². The summed E-state index contributed by atoms with van der Waals surface area (Å²) in [5, 5.41) is 11.9. The van der Waals surface area contributed by atoms with Crippen LogP contribution >= 0.6 is 47.0 Å². The van der Waals surface area contributed by atoms with Crippen molar-refractivity contribution in [2.24, 2.45) is 0 Å². The Morgan fingerprint density at radius 2 is 1.69 bits per heavy atom. The number of hydrogen-bond acceptors (Lipinski definition) is 6. The van der Waals surface area contributed by atoms with Crippen molar-refractivity contribution in [3.63, 3.8) is 0 Å². The van der Waals surface area contributed by atoms with E-state index in [4.69, 9.17) is 47.0 Å². The van der Waals surface area contributed by atoms with Gasteiger partial charge in [0.25, 0.3) is 10.0 Å². The highest BCUT2D eigenvalue weighted by Crippen LogP contribution is 2.24. The van der Waals surface area contributed by atoms with E-state index >= 15 is 0 Å². The summed E-state index contributed by atoms with van der Waals surface area (Å²) >= 11 is 23.8. The number of rotatable bonds is 7. The van der Waals surface area contributed by atoms with E-state index < -0.39 is 10.0 Å². The molecule has 4 rings (SSSR count). The molecule has 180 valence electrons. The molecule has 0 bridgehead atoms. The first-order valence-corrected chi connectivity index (χ1v) is 12.9. The number of halogens is 3. The Hall–Kier alpha value is -2.96. The number of aromatic nitrogens is 4. The van der Waals surface area contributed by atoms with Crippen LogP contribution in [0.2, 0.25) is 15.1 Å². The lowest BCUT2D eigenvalue weighted by molar-refractivity contribution is 0.601. The Bertz CT molecular complexity index is 1460. The van der Waals surface area contributed by atoms with Gasteiger partial charge in [0.1, 0.15) is 5.02 Å². The number of sulfonamides is 1. The van der Waals surface area contributed by atoms with E-state index in [1.165, 1.54) is 24.5 Å². The second-order valence-electron chi connectivity index (χ2n) is 7.04. The van der Waals surface area contributed by atoms with Crippen LogP contribution in [0.1, 0.15) is 5.56 Å². The van der Waals surface area contributed by atoms with Crippen LogP contribution in [0.25, 0.3) is 0 Å². The second kappa shape index (κ2) is 10.8. The number of hydrogen-bond donors (Lipinski definition) is 3. The van der Waals surface area contributed by atoms with Gasteiger partial charge in [0.05, 0.1) is 11.4 Å². The Balaban J connectivity index is 1.38. The van der Waals surface area contributed by atoms with Crippen LogP contribution in [-0.2, 0) is 16.6 Å². The molecule has 2 heterocycles. The van der Waals surface area contributed by atoms with Crippen LogP contribution in [0.15, 0.2) is 72.0 Å². The molecule has 0 amide bonds. The average molecular weight is 569 g/mol. The van der Waals surface area contributed by atoms with Gasteiger partial charge in [-0.25, -0.2) is 23.1 Å². The van der Waals surface area contributed by atoms with E-state index in [9.17, 15) is 8.42 Å². The van der Waals surface area contributed by atoms with Gasteiger partial charge in [-0.1, -0.05) is 40.9 Å². The smallest absolute Gasteiger partial charge is 0.264 e. The van der Waals surface area contributed by atoms with E-state index in [-0.39, 0.29) is 16.0 Å². The molecule has 0 saturated heterocycles. The number of anilines is 3. The van der Waals surface area contributed by atoms with E-state index in [0.29, 0.717) is 33.1 Å². The van der Waals surface area contributed by atoms with Gasteiger partial charge in [-0.2, -0.15) is 5.10 Å². The minimum Gasteiger partial charge on any atom is -0.332 e. The Labute approximate surface area is 221 Å². The van der Waals surface area contributed by atoms with Gasteiger partial charge in [0.15, 0.2) is 10.9 Å². The first-order valence-electron chi connectivity index (χ1n) is 9.84. The fourth-order valence-corrected chi connectivity index (χ4v) is 4.74. The third-order valence-electron chi connectivity index (χ3n) is 4.51. The van der Waals surface area contributed by atoms with Gasteiger partial charge in [-0.05, 0) is 60.2 Å². The van der Waals surface area contributed by atoms with Crippen LogP contribution in [-0.4, -0.2) is 33.3 Å². The zero-order chi connectivity index (χ0) is 25.0. The highest BCUT2D eigenvalue weighted by molar-refractivity contribution is 7.92. The first kappa shape index (κ1) is 25.1. The summed E-state index contributed by atoms with van der Waals surface area (Å²) in [6.45, 7) is 0.385. The topological polar surface area (TPSA) is 114 Å². The lowest BCUT2D eigenvalue weighted by Crippen LogP contribution is -2.20. The van der Waals surface area contributed by atoms with Crippen molar-refractivity contribution >= 4 is 79.6 Å². The van der Waals surface area contributed by atoms with Gasteiger partial charge < -0.3 is 10.6 Å². The average Bonchev–Trinajstić information content (AvgIpc) is 3.15. The molecule has 0 atom stereocenters. The molecule has 0 aliphatic rings. The highest BCUT2D eigenvalue weighted by atomic mass is 35.5. The lowest BCUT2D eigenvalue weighted by Gasteiger charge is -2.10. The number of nitrogens with zero attached hydrogens (tertiary/aromatic N) is 4. The van der Waals surface area contributed by atoms with Gasteiger partial charge in [0.2, 0.25) is 5.95 Å². The molecule has 2 aromatic carbocycles. The van der Waals surface area contributed by atoms with Crippen LogP contribution in [0.3, 0.4) is 0 Å². The SMILES string of the molecule is O=S(=O)(Nc1ncccn1)c1ccc(NC(=S)Nc2nn(Cc3ccc(Cl)cc3Cl)cc2Cl)cc1. The van der Waals surface area contributed by atoms with Crippen molar-refractivity contribution in [2.45, 2.75) is 11.4 Å². The van der Waals surface area contributed by atoms with Crippen molar-refractivity contribution in [1.29, 1.82) is 0 Å². The molecule has 0 aliphatic carbocycles. The van der Waals surface area contributed by atoms with Crippen LogP contribution < -0.4 is 15.4 Å². The zero-order valence-corrected chi connectivity index (χ0v) is 21.5. The second-order valence-corrected chi connectivity index (χ2v) is 10.4. The summed E-state index contributed by atoms with van der Waals surface area (Å²) in [5.74, 6) is 0.329. The van der Waals surface area contributed by atoms with Gasteiger partial charge >= 0.3 is 0 Å². The quantitative estimate of drug-likeness (QED) is 0.258. The van der Waals surface area contributed by atoms with E-state index in [2.05, 4.69) is 30.4 Å². The number of benzene rings is 2. The molecule has 4 aromatic rings. The van der Waals surface area contributed by atoms with Gasteiger partial charge in [0, 0.05) is 34.3 Å². The third-order valence-corrected chi connectivity index (χ3v) is 6.92. The minimum absolute atomic E-state index is 0.0188. The maximum atomic E-state index is 12.5. The van der Waals surface area contributed by atoms with Crippen LogP contribution in [0.4, 0.5) is 17.5 Å². The molecule has 0 unspecified atom stereocenters. The summed E-state index contributed by atoms with van der Waals surface area (Å²) in [7, 11) is -3.84. The summed E-state index contributed by atoms with van der Waals surface area (Å²) in [6.07, 6.45) is 4.52. The third kappa shape index (κ3) is 6.59. The molecular formula is C21H16Cl3N7O2S2. The van der Waals surface area contributed by atoms with Crippen molar-refractivity contribution in [1.82, 2.24) is 19.7 Å². The zero-order valence-electron chi connectivity index (χ0n) is 17.6. The molecule has 0 radical (unpaired) electrons. The molecule has 0 saturated carbocycles. The molecule has 0 aliphatic heterocycles. The Morgan fingerprint density at radius 1 is 0.971 bits per heavy atom. The maximum absolute atomic E-state index is 12.5. The number of nitrogens with one attached hydrogen (secondary N) is 3. The summed E-state index contributed by atoms with van der Waals surface area (Å²) < 4.78 is 28.9.